The van der Waals surface area contributed by atoms with Crippen LogP contribution < -0.4 is 5.32 Å². The zero-order chi connectivity index (χ0) is 31.1. The molecule has 44 heavy (non-hydrogen) atoms. The Morgan fingerprint density at radius 2 is 1.77 bits per heavy atom. The summed E-state index contributed by atoms with van der Waals surface area (Å²) in [4.78, 5) is 58.8. The van der Waals surface area contributed by atoms with E-state index in [2.05, 4.69) is 12.2 Å². The summed E-state index contributed by atoms with van der Waals surface area (Å²) in [7, 11) is 0. The molecule has 1 aromatic carbocycles. The minimum Gasteiger partial charge on any atom is -0.463 e. The van der Waals surface area contributed by atoms with Gasteiger partial charge >= 0.3 is 5.97 Å². The summed E-state index contributed by atoms with van der Waals surface area (Å²) >= 11 is 0. The number of rotatable bonds is 10. The molecule has 238 valence electrons. The summed E-state index contributed by atoms with van der Waals surface area (Å²) in [5.74, 6) is -2.85. The van der Waals surface area contributed by atoms with Gasteiger partial charge in [-0.1, -0.05) is 80.8 Å². The molecule has 10 nitrogen and oxygen atoms in total. The first kappa shape index (κ1) is 31.9. The van der Waals surface area contributed by atoms with Gasteiger partial charge in [0, 0.05) is 32.7 Å². The maximum Gasteiger partial charge on any atom is 0.306 e. The molecule has 4 aliphatic rings. The number of unbranched alkanes of at least 4 members (excludes halogenated alkanes) is 4. The minimum atomic E-state index is -1.23. The lowest BCUT2D eigenvalue weighted by Crippen LogP contribution is -2.56. The number of likely N-dealkylation sites (tertiary alicyclic amines) is 1. The van der Waals surface area contributed by atoms with E-state index in [1.165, 1.54) is 0 Å². The maximum atomic E-state index is 14.5. The molecule has 5 rings (SSSR count). The maximum absolute atomic E-state index is 14.5. The van der Waals surface area contributed by atoms with Gasteiger partial charge in [0.2, 0.25) is 17.7 Å². The summed E-state index contributed by atoms with van der Waals surface area (Å²) in [6.45, 7) is 3.38. The van der Waals surface area contributed by atoms with Gasteiger partial charge in [0.05, 0.1) is 24.0 Å². The molecule has 2 N–H and O–H groups in total. The van der Waals surface area contributed by atoms with Crippen LogP contribution in [0.4, 0.5) is 0 Å². The Balaban J connectivity index is 1.50. The van der Waals surface area contributed by atoms with E-state index in [0.717, 1.165) is 31.2 Å². The molecule has 0 saturated carbocycles. The standard InChI is InChI=1S/C34H45N3O7/c1-2-3-19-36-20-11-7-10-16-27(39)43-23-25(24-14-8-6-9-15-24)35-31(40)28-26-17-18-34(44-26)29(28)32(41)37(30(34)33(36)42)21-12-4-5-13-22-38/h6-9,11,14-15,17-18,25-26,28-30,38H,2-5,10,12-13,16,19-23H2,1H3,(H,35,40)/b11-7-/t25-,26-,28+,29+,30-,34+/m1/s1. The van der Waals surface area contributed by atoms with Crippen LogP contribution in [0, 0.1) is 11.8 Å². The Kier molecular flexibility index (Phi) is 10.5. The number of ether oxygens (including phenoxy) is 2. The summed E-state index contributed by atoms with van der Waals surface area (Å²) in [6, 6.07) is 7.81. The van der Waals surface area contributed by atoms with Crippen molar-refractivity contribution in [3.63, 3.8) is 0 Å². The number of benzene rings is 1. The molecule has 6 atom stereocenters. The summed E-state index contributed by atoms with van der Waals surface area (Å²) in [5, 5.41) is 12.2. The molecule has 5 bridgehead atoms. The van der Waals surface area contributed by atoms with Gasteiger partial charge in [-0.2, -0.15) is 0 Å². The van der Waals surface area contributed by atoms with Gasteiger partial charge in [0.15, 0.2) is 0 Å². The molecule has 10 heteroatoms. The Hall–Kier alpha value is -3.50. The van der Waals surface area contributed by atoms with Crippen molar-refractivity contribution in [2.24, 2.45) is 11.8 Å². The number of esters is 1. The van der Waals surface area contributed by atoms with Crippen LogP contribution in [0.25, 0.3) is 0 Å². The molecular weight excluding hydrogens is 562 g/mol. The van der Waals surface area contributed by atoms with Crippen molar-refractivity contribution in [1.29, 1.82) is 0 Å². The first-order valence-corrected chi connectivity index (χ1v) is 16.1. The molecule has 0 unspecified atom stereocenters. The fourth-order valence-corrected chi connectivity index (χ4v) is 6.99. The second-order valence-electron chi connectivity index (χ2n) is 12.2. The van der Waals surface area contributed by atoms with E-state index < -0.39 is 35.6 Å². The number of aliphatic hydroxyl groups is 1. The number of nitrogens with one attached hydrogen (secondary N) is 1. The third-order valence-electron chi connectivity index (χ3n) is 9.25. The monoisotopic (exact) mass is 607 g/mol. The lowest BCUT2D eigenvalue weighted by Gasteiger charge is -2.36. The van der Waals surface area contributed by atoms with Crippen LogP contribution in [0.3, 0.4) is 0 Å². The topological polar surface area (TPSA) is 125 Å². The van der Waals surface area contributed by atoms with E-state index in [1.54, 1.807) is 9.80 Å². The van der Waals surface area contributed by atoms with Crippen LogP contribution in [-0.2, 0) is 28.7 Å². The predicted octanol–water partition coefficient (Wildman–Crippen LogP) is 3.07. The minimum absolute atomic E-state index is 0.0397. The smallest absolute Gasteiger partial charge is 0.306 e. The van der Waals surface area contributed by atoms with Crippen LogP contribution >= 0.6 is 0 Å². The average Bonchev–Trinajstić information content (AvgIpc) is 3.67. The first-order chi connectivity index (χ1) is 21.4. The number of aliphatic hydroxyl groups excluding tert-OH is 1. The van der Waals surface area contributed by atoms with E-state index in [4.69, 9.17) is 9.47 Å². The van der Waals surface area contributed by atoms with E-state index in [-0.39, 0.29) is 43.3 Å². The highest BCUT2D eigenvalue weighted by molar-refractivity contribution is 6.00. The number of allylic oxidation sites excluding steroid dienone is 1. The lowest BCUT2D eigenvalue weighted by molar-refractivity contribution is -0.148. The van der Waals surface area contributed by atoms with Gasteiger partial charge in [-0.15, -0.1) is 0 Å². The van der Waals surface area contributed by atoms with Crippen molar-refractivity contribution >= 4 is 23.7 Å². The molecule has 4 heterocycles. The largest absolute Gasteiger partial charge is 0.463 e. The SMILES string of the molecule is CCCCN1C/C=C\CCC(=O)OC[C@H](c2ccccc2)NC(=O)[C@@H]2[C@H]3C(=O)N(CCCCCCO)[C@H](C1=O)[C@]31C=C[C@H]2O1. The number of amides is 3. The highest BCUT2D eigenvalue weighted by Crippen LogP contribution is 2.55. The summed E-state index contributed by atoms with van der Waals surface area (Å²) in [6.07, 6.45) is 12.1. The van der Waals surface area contributed by atoms with Crippen LogP contribution in [0.1, 0.15) is 69.9 Å². The van der Waals surface area contributed by atoms with Crippen LogP contribution in [-0.4, -0.2) is 89.2 Å². The third-order valence-corrected chi connectivity index (χ3v) is 9.25. The number of hydrogen-bond donors (Lipinski definition) is 2. The second kappa shape index (κ2) is 14.5. The number of cyclic esters (lactones) is 1. The van der Waals surface area contributed by atoms with Gasteiger partial charge in [-0.3, -0.25) is 19.2 Å². The Labute approximate surface area is 259 Å². The Bertz CT molecular complexity index is 1250. The fraction of sp³-hybridized carbons (Fsp3) is 0.588. The van der Waals surface area contributed by atoms with Gasteiger partial charge in [0.1, 0.15) is 18.2 Å². The molecule has 1 spiro atoms. The molecule has 3 amide bonds. The number of carbonyl (C=O) groups is 4. The highest BCUT2D eigenvalue weighted by atomic mass is 16.5. The summed E-state index contributed by atoms with van der Waals surface area (Å²) < 4.78 is 12.1. The summed E-state index contributed by atoms with van der Waals surface area (Å²) in [5.41, 5.74) is -0.453. The number of nitrogens with zero attached hydrogens (tertiary/aromatic N) is 2. The van der Waals surface area contributed by atoms with Crippen LogP contribution in [0.15, 0.2) is 54.6 Å². The molecule has 2 fully saturated rings. The zero-order valence-corrected chi connectivity index (χ0v) is 25.6. The number of carbonyl (C=O) groups excluding carboxylic acids is 4. The van der Waals surface area contributed by atoms with Crippen molar-refractivity contribution in [2.45, 2.75) is 82.1 Å². The van der Waals surface area contributed by atoms with Crippen LogP contribution in [0.5, 0.6) is 0 Å². The number of fused-ring (bicyclic) bond motifs is 2. The molecule has 0 radical (unpaired) electrons. The third kappa shape index (κ3) is 6.47. The second-order valence-corrected chi connectivity index (χ2v) is 12.2. The molecular formula is C34H45N3O7. The van der Waals surface area contributed by atoms with Crippen molar-refractivity contribution in [1.82, 2.24) is 15.1 Å². The average molecular weight is 608 g/mol. The van der Waals surface area contributed by atoms with E-state index in [1.807, 2.05) is 54.6 Å². The van der Waals surface area contributed by atoms with Gasteiger partial charge in [0.25, 0.3) is 0 Å². The molecule has 0 aliphatic carbocycles. The molecule has 0 aromatic heterocycles. The van der Waals surface area contributed by atoms with Gasteiger partial charge < -0.3 is 29.7 Å². The molecule has 2 saturated heterocycles. The van der Waals surface area contributed by atoms with Crippen molar-refractivity contribution in [3.8, 4) is 0 Å². The highest BCUT2D eigenvalue weighted by Gasteiger charge is 2.73. The molecule has 4 aliphatic heterocycles. The normalized spacial score (nSPS) is 31.3. The Morgan fingerprint density at radius 1 is 0.977 bits per heavy atom. The Morgan fingerprint density at radius 3 is 2.55 bits per heavy atom. The quantitative estimate of drug-likeness (QED) is 0.238. The molecule has 1 aromatic rings. The van der Waals surface area contributed by atoms with E-state index in [0.29, 0.717) is 38.9 Å². The van der Waals surface area contributed by atoms with Crippen molar-refractivity contribution in [2.75, 3.05) is 32.8 Å². The predicted molar refractivity (Wildman–Crippen MR) is 163 cm³/mol. The number of hydrogen-bond acceptors (Lipinski definition) is 7. The van der Waals surface area contributed by atoms with E-state index in [9.17, 15) is 24.3 Å². The first-order valence-electron chi connectivity index (χ1n) is 16.1. The van der Waals surface area contributed by atoms with Gasteiger partial charge in [-0.25, -0.2) is 0 Å². The van der Waals surface area contributed by atoms with Crippen molar-refractivity contribution in [3.05, 3.63) is 60.2 Å². The van der Waals surface area contributed by atoms with Crippen molar-refractivity contribution < 1.29 is 33.8 Å². The lowest BCUT2D eigenvalue weighted by atomic mass is 9.74. The van der Waals surface area contributed by atoms with Gasteiger partial charge in [-0.05, 0) is 31.2 Å². The zero-order valence-electron chi connectivity index (χ0n) is 25.6. The van der Waals surface area contributed by atoms with Crippen LogP contribution in [0.2, 0.25) is 0 Å². The fourth-order valence-electron chi connectivity index (χ4n) is 6.99. The van der Waals surface area contributed by atoms with E-state index >= 15 is 0 Å².